The van der Waals surface area contributed by atoms with Gasteiger partial charge >= 0.3 is 0 Å². The third-order valence-corrected chi connectivity index (χ3v) is 4.49. The quantitative estimate of drug-likeness (QED) is 0.791. The van der Waals surface area contributed by atoms with E-state index in [1.54, 1.807) is 7.11 Å². The number of hydrogen-bond donors (Lipinski definition) is 0. The van der Waals surface area contributed by atoms with Crippen LogP contribution < -0.4 is 9.64 Å². The second kappa shape index (κ2) is 6.98. The van der Waals surface area contributed by atoms with E-state index in [9.17, 15) is 0 Å². The van der Waals surface area contributed by atoms with Gasteiger partial charge in [0.05, 0.1) is 29.5 Å². The maximum Gasteiger partial charge on any atom is 0.120 e. The summed E-state index contributed by atoms with van der Waals surface area (Å²) in [5, 5.41) is 4.65. The average molecular weight is 352 g/mol. The van der Waals surface area contributed by atoms with E-state index in [0.29, 0.717) is 0 Å². The fourth-order valence-electron chi connectivity index (χ4n) is 2.33. The summed E-state index contributed by atoms with van der Waals surface area (Å²) in [5.74, 6) is 0.872. The van der Waals surface area contributed by atoms with Gasteiger partial charge < -0.3 is 9.64 Å². The lowest BCUT2D eigenvalue weighted by atomic mass is 10.2. The van der Waals surface area contributed by atoms with Gasteiger partial charge in [0.15, 0.2) is 0 Å². The summed E-state index contributed by atoms with van der Waals surface area (Å²) in [4.78, 5) is 2.20. The molecule has 1 heterocycles. The third kappa shape index (κ3) is 3.40. The first-order valence-corrected chi connectivity index (χ1v) is 7.99. The molecule has 4 nitrogen and oxygen atoms in total. The van der Waals surface area contributed by atoms with Gasteiger partial charge in [0.25, 0.3) is 0 Å². The molecule has 5 heteroatoms. The summed E-state index contributed by atoms with van der Waals surface area (Å²) in [6.07, 6.45) is 0.934. The maximum atomic E-state index is 5.29. The molecule has 0 aliphatic carbocycles. The largest absolute Gasteiger partial charge is 0.497 e. The molecule has 2 aromatic rings. The van der Waals surface area contributed by atoms with Crippen molar-refractivity contribution in [3.8, 4) is 5.75 Å². The van der Waals surface area contributed by atoms with Crippen LogP contribution in [0.4, 0.5) is 5.69 Å². The number of ether oxygens (including phenoxy) is 1. The second-order valence-electron chi connectivity index (χ2n) is 4.93. The lowest BCUT2D eigenvalue weighted by Crippen LogP contribution is -2.19. The van der Waals surface area contributed by atoms with Crippen molar-refractivity contribution in [2.24, 2.45) is 0 Å². The molecule has 1 aromatic heterocycles. The highest BCUT2D eigenvalue weighted by Crippen LogP contribution is 2.26. The highest BCUT2D eigenvalue weighted by atomic mass is 79.9. The molecule has 0 saturated heterocycles. The minimum Gasteiger partial charge on any atom is -0.497 e. The minimum atomic E-state index is 0.800. The van der Waals surface area contributed by atoms with Crippen molar-refractivity contribution in [1.29, 1.82) is 0 Å². The minimum absolute atomic E-state index is 0.800. The van der Waals surface area contributed by atoms with Crippen LogP contribution in [0.25, 0.3) is 0 Å². The van der Waals surface area contributed by atoms with Crippen molar-refractivity contribution in [3.05, 3.63) is 40.1 Å². The number of aryl methyl sites for hydroxylation is 2. The van der Waals surface area contributed by atoms with Crippen LogP contribution in [0.2, 0.25) is 0 Å². The SMILES string of the molecule is CCc1nn(CC)c(CN(C)c2cccc(OC)c2)c1Br. The molecule has 0 radical (unpaired) electrons. The van der Waals surface area contributed by atoms with Crippen LogP contribution >= 0.6 is 15.9 Å². The Morgan fingerprint density at radius 2 is 2.10 bits per heavy atom. The number of nitrogens with zero attached hydrogens (tertiary/aromatic N) is 3. The lowest BCUT2D eigenvalue weighted by molar-refractivity contribution is 0.415. The first kappa shape index (κ1) is 15.9. The van der Waals surface area contributed by atoms with Gasteiger partial charge in [-0.2, -0.15) is 5.10 Å². The smallest absolute Gasteiger partial charge is 0.120 e. The van der Waals surface area contributed by atoms with Crippen LogP contribution in [0.3, 0.4) is 0 Å². The number of halogens is 1. The molecule has 0 saturated carbocycles. The lowest BCUT2D eigenvalue weighted by Gasteiger charge is -2.20. The van der Waals surface area contributed by atoms with Crippen molar-refractivity contribution in [3.63, 3.8) is 0 Å². The Labute approximate surface area is 134 Å². The Bertz CT molecular complexity index is 610. The van der Waals surface area contributed by atoms with E-state index in [2.05, 4.69) is 57.6 Å². The molecule has 0 N–H and O–H groups in total. The van der Waals surface area contributed by atoms with Gasteiger partial charge in [-0.15, -0.1) is 0 Å². The molecule has 0 bridgehead atoms. The molecule has 0 atom stereocenters. The predicted octanol–water partition coefficient (Wildman–Crippen LogP) is 3.87. The molecule has 0 aliphatic heterocycles. The van der Waals surface area contributed by atoms with Gasteiger partial charge in [-0.05, 0) is 41.4 Å². The zero-order valence-electron chi connectivity index (χ0n) is 13.1. The van der Waals surface area contributed by atoms with Gasteiger partial charge in [-0.3, -0.25) is 4.68 Å². The highest BCUT2D eigenvalue weighted by molar-refractivity contribution is 9.10. The van der Waals surface area contributed by atoms with Crippen LogP contribution in [0.1, 0.15) is 25.2 Å². The van der Waals surface area contributed by atoms with E-state index >= 15 is 0 Å². The molecule has 0 amide bonds. The summed E-state index contributed by atoms with van der Waals surface area (Å²) in [6.45, 7) is 5.92. The molecule has 0 spiro atoms. The number of aromatic nitrogens is 2. The van der Waals surface area contributed by atoms with Crippen LogP contribution in [0.5, 0.6) is 5.75 Å². The van der Waals surface area contributed by atoms with E-state index < -0.39 is 0 Å². The number of anilines is 1. The standard InChI is InChI=1S/C16H22BrN3O/c1-5-14-16(17)15(20(6-2)18-14)11-19(3)12-8-7-9-13(10-12)21-4/h7-10H,5-6,11H2,1-4H3. The summed E-state index contributed by atoms with van der Waals surface area (Å²) >= 11 is 3.70. The van der Waals surface area contributed by atoms with Gasteiger partial charge in [0.2, 0.25) is 0 Å². The zero-order chi connectivity index (χ0) is 15.4. The van der Waals surface area contributed by atoms with Gasteiger partial charge in [-0.1, -0.05) is 13.0 Å². The van der Waals surface area contributed by atoms with E-state index in [1.165, 1.54) is 5.69 Å². The molecule has 0 aliphatic rings. The number of benzene rings is 1. The van der Waals surface area contributed by atoms with Crippen LogP contribution in [-0.4, -0.2) is 23.9 Å². The zero-order valence-corrected chi connectivity index (χ0v) is 14.6. The molecule has 114 valence electrons. The number of rotatable bonds is 6. The van der Waals surface area contributed by atoms with Gasteiger partial charge in [-0.25, -0.2) is 0 Å². The Kier molecular flexibility index (Phi) is 5.28. The second-order valence-corrected chi connectivity index (χ2v) is 5.73. The topological polar surface area (TPSA) is 30.3 Å². The number of methoxy groups -OCH3 is 1. The molecule has 2 rings (SSSR count). The van der Waals surface area contributed by atoms with Crippen LogP contribution in [0, 0.1) is 0 Å². The summed E-state index contributed by atoms with van der Waals surface area (Å²) < 4.78 is 8.49. The summed E-state index contributed by atoms with van der Waals surface area (Å²) in [6, 6.07) is 8.10. The average Bonchev–Trinajstić information content (AvgIpc) is 2.83. The summed E-state index contributed by atoms with van der Waals surface area (Å²) in [7, 11) is 3.77. The monoisotopic (exact) mass is 351 g/mol. The Balaban J connectivity index is 2.26. The molecular formula is C16H22BrN3O. The molecule has 0 unspecified atom stereocenters. The van der Waals surface area contributed by atoms with E-state index in [1.807, 2.05) is 18.2 Å². The molecular weight excluding hydrogens is 330 g/mol. The van der Waals surface area contributed by atoms with Crippen molar-refractivity contribution in [2.75, 3.05) is 19.1 Å². The first-order chi connectivity index (χ1) is 10.1. The van der Waals surface area contributed by atoms with Crippen molar-refractivity contribution in [2.45, 2.75) is 33.4 Å². The van der Waals surface area contributed by atoms with Crippen LogP contribution in [-0.2, 0) is 19.5 Å². The molecule has 21 heavy (non-hydrogen) atoms. The fourth-order valence-corrected chi connectivity index (χ4v) is 3.02. The van der Waals surface area contributed by atoms with Gasteiger partial charge in [0, 0.05) is 25.3 Å². The highest BCUT2D eigenvalue weighted by Gasteiger charge is 2.15. The van der Waals surface area contributed by atoms with Crippen molar-refractivity contribution < 1.29 is 4.74 Å². The van der Waals surface area contributed by atoms with E-state index in [4.69, 9.17) is 4.74 Å². The third-order valence-electron chi connectivity index (χ3n) is 3.58. The van der Waals surface area contributed by atoms with Crippen LogP contribution in [0.15, 0.2) is 28.7 Å². The molecule has 1 aromatic carbocycles. The maximum absolute atomic E-state index is 5.29. The summed E-state index contributed by atoms with van der Waals surface area (Å²) in [5.41, 5.74) is 3.45. The van der Waals surface area contributed by atoms with E-state index in [-0.39, 0.29) is 0 Å². The van der Waals surface area contributed by atoms with Crippen molar-refractivity contribution >= 4 is 21.6 Å². The first-order valence-electron chi connectivity index (χ1n) is 7.19. The van der Waals surface area contributed by atoms with Crippen molar-refractivity contribution in [1.82, 2.24) is 9.78 Å². The van der Waals surface area contributed by atoms with E-state index in [0.717, 1.165) is 41.1 Å². The Hall–Kier alpha value is -1.49. The fraction of sp³-hybridized carbons (Fsp3) is 0.438. The number of hydrogen-bond acceptors (Lipinski definition) is 3. The predicted molar refractivity (Wildman–Crippen MR) is 90.1 cm³/mol. The molecule has 0 fully saturated rings. The van der Waals surface area contributed by atoms with Gasteiger partial charge in [0.1, 0.15) is 5.75 Å². The Morgan fingerprint density at radius 1 is 1.33 bits per heavy atom. The normalized spacial score (nSPS) is 10.7. The Morgan fingerprint density at radius 3 is 2.71 bits per heavy atom.